The van der Waals surface area contributed by atoms with Crippen LogP contribution in [0.1, 0.15) is 44.9 Å². The first-order valence-electron chi connectivity index (χ1n) is 11.2. The molecule has 0 unspecified atom stereocenters. The average Bonchev–Trinajstić information content (AvgIpc) is 3.24. The van der Waals surface area contributed by atoms with Crippen LogP contribution in [0, 0.1) is 11.6 Å². The summed E-state index contributed by atoms with van der Waals surface area (Å²) in [6.07, 6.45) is 3.65. The molecule has 2 aliphatic rings. The number of benzene rings is 2. The van der Waals surface area contributed by atoms with Gasteiger partial charge >= 0.3 is 0 Å². The van der Waals surface area contributed by atoms with E-state index in [4.69, 9.17) is 0 Å². The maximum absolute atomic E-state index is 13.4. The van der Waals surface area contributed by atoms with Gasteiger partial charge in [-0.15, -0.1) is 0 Å². The Morgan fingerprint density at radius 1 is 0.727 bits per heavy atom. The van der Waals surface area contributed by atoms with E-state index in [9.17, 15) is 18.4 Å². The normalized spacial score (nSPS) is 15.9. The molecule has 0 spiro atoms. The fraction of sp³-hybridized carbons (Fsp3) is 0.320. The second kappa shape index (κ2) is 8.77. The largest absolute Gasteiger partial charge is 0.335 e. The van der Waals surface area contributed by atoms with Crippen LogP contribution < -0.4 is 0 Å². The molecule has 0 bridgehead atoms. The summed E-state index contributed by atoms with van der Waals surface area (Å²) in [5.41, 5.74) is 3.61. The van der Waals surface area contributed by atoms with Gasteiger partial charge in [0.2, 0.25) is 0 Å². The molecule has 1 saturated heterocycles. The van der Waals surface area contributed by atoms with Crippen LogP contribution in [-0.2, 0) is 12.8 Å². The third kappa shape index (κ3) is 4.13. The molecule has 8 heteroatoms. The van der Waals surface area contributed by atoms with Gasteiger partial charge in [0, 0.05) is 43.0 Å². The molecule has 170 valence electrons. The molecule has 0 radical (unpaired) electrons. The number of aromatic nitrogens is 2. The van der Waals surface area contributed by atoms with Gasteiger partial charge in [-0.3, -0.25) is 9.59 Å². The Morgan fingerprint density at radius 3 is 1.91 bits per heavy atom. The zero-order chi connectivity index (χ0) is 22.9. The summed E-state index contributed by atoms with van der Waals surface area (Å²) in [6.45, 7) is 1.62. The summed E-state index contributed by atoms with van der Waals surface area (Å²) >= 11 is 0. The van der Waals surface area contributed by atoms with Gasteiger partial charge in [-0.2, -0.15) is 5.10 Å². The molecule has 0 saturated carbocycles. The standard InChI is InChI=1S/C25H24F2N4O2/c26-18-7-5-17(6-8-18)24(32)29-13-15-30(16-14-29)25(33)23-21-3-1-2-4-22(21)31(28-23)20-11-9-19(27)10-12-20/h5-12H,1-4,13-16H2. The Hall–Kier alpha value is -3.55. The van der Waals surface area contributed by atoms with Crippen LogP contribution in [0.2, 0.25) is 0 Å². The SMILES string of the molecule is O=C(c1ccc(F)cc1)N1CCN(C(=O)c2nn(-c3ccc(F)cc3)c3c2CCCC3)CC1. The van der Waals surface area contributed by atoms with E-state index in [0.717, 1.165) is 42.6 Å². The first-order chi connectivity index (χ1) is 16.0. The highest BCUT2D eigenvalue weighted by atomic mass is 19.1. The van der Waals surface area contributed by atoms with Crippen molar-refractivity contribution in [1.82, 2.24) is 19.6 Å². The van der Waals surface area contributed by atoms with Crippen LogP contribution in [-0.4, -0.2) is 57.6 Å². The molecular formula is C25H24F2N4O2. The lowest BCUT2D eigenvalue weighted by molar-refractivity contribution is 0.0531. The number of fused-ring (bicyclic) bond motifs is 1. The van der Waals surface area contributed by atoms with Crippen molar-refractivity contribution in [3.05, 3.63) is 82.7 Å². The van der Waals surface area contributed by atoms with Gasteiger partial charge < -0.3 is 9.80 Å². The van der Waals surface area contributed by atoms with Crippen LogP contribution in [0.5, 0.6) is 0 Å². The van der Waals surface area contributed by atoms with E-state index in [1.54, 1.807) is 26.6 Å². The van der Waals surface area contributed by atoms with E-state index in [2.05, 4.69) is 5.10 Å². The lowest BCUT2D eigenvalue weighted by Crippen LogP contribution is -2.50. The first-order valence-corrected chi connectivity index (χ1v) is 11.2. The molecule has 2 aromatic carbocycles. The van der Waals surface area contributed by atoms with Gasteiger partial charge in [0.1, 0.15) is 11.6 Å². The highest BCUT2D eigenvalue weighted by molar-refractivity contribution is 5.96. The van der Waals surface area contributed by atoms with Gasteiger partial charge in [0.15, 0.2) is 5.69 Å². The highest BCUT2D eigenvalue weighted by Gasteiger charge is 2.31. The predicted octanol–water partition coefficient (Wildman–Crippen LogP) is 3.63. The molecule has 1 aromatic heterocycles. The van der Waals surface area contributed by atoms with Gasteiger partial charge in [-0.25, -0.2) is 13.5 Å². The van der Waals surface area contributed by atoms with Gasteiger partial charge in [-0.1, -0.05) is 0 Å². The van der Waals surface area contributed by atoms with Crippen LogP contribution >= 0.6 is 0 Å². The third-order valence-corrected chi connectivity index (χ3v) is 6.40. The zero-order valence-electron chi connectivity index (χ0n) is 18.1. The minimum atomic E-state index is -0.384. The highest BCUT2D eigenvalue weighted by Crippen LogP contribution is 2.28. The van der Waals surface area contributed by atoms with E-state index in [-0.39, 0.29) is 23.4 Å². The smallest absolute Gasteiger partial charge is 0.274 e. The minimum absolute atomic E-state index is 0.136. The van der Waals surface area contributed by atoms with E-state index in [0.29, 0.717) is 37.4 Å². The Morgan fingerprint density at radius 2 is 1.27 bits per heavy atom. The molecular weight excluding hydrogens is 426 g/mol. The number of rotatable bonds is 3. The number of carbonyl (C=O) groups is 2. The van der Waals surface area contributed by atoms with E-state index < -0.39 is 0 Å². The van der Waals surface area contributed by atoms with Crippen LogP contribution in [0.4, 0.5) is 8.78 Å². The minimum Gasteiger partial charge on any atom is -0.335 e. The van der Waals surface area contributed by atoms with Crippen molar-refractivity contribution in [2.45, 2.75) is 25.7 Å². The van der Waals surface area contributed by atoms with Crippen LogP contribution in [0.15, 0.2) is 48.5 Å². The molecule has 2 amide bonds. The van der Waals surface area contributed by atoms with E-state index in [1.807, 2.05) is 0 Å². The lowest BCUT2D eigenvalue weighted by Gasteiger charge is -2.34. The van der Waals surface area contributed by atoms with Crippen molar-refractivity contribution in [3.8, 4) is 5.69 Å². The van der Waals surface area contributed by atoms with Crippen molar-refractivity contribution in [2.24, 2.45) is 0 Å². The Kier molecular flexibility index (Phi) is 5.66. The lowest BCUT2D eigenvalue weighted by atomic mass is 9.95. The number of amides is 2. The van der Waals surface area contributed by atoms with Gasteiger partial charge in [-0.05, 0) is 74.2 Å². The number of piperazine rings is 1. The monoisotopic (exact) mass is 450 g/mol. The summed E-state index contributed by atoms with van der Waals surface area (Å²) in [5, 5.41) is 4.66. The molecule has 5 rings (SSSR count). The molecule has 1 aliphatic carbocycles. The number of hydrogen-bond acceptors (Lipinski definition) is 3. The topological polar surface area (TPSA) is 58.4 Å². The molecule has 1 aliphatic heterocycles. The van der Waals surface area contributed by atoms with Crippen LogP contribution in [0.25, 0.3) is 5.69 Å². The summed E-state index contributed by atoms with van der Waals surface area (Å²) in [5.74, 6) is -1.00. The molecule has 2 heterocycles. The second-order valence-corrected chi connectivity index (χ2v) is 8.46. The van der Waals surface area contributed by atoms with Gasteiger partial charge in [0.25, 0.3) is 11.8 Å². The summed E-state index contributed by atoms with van der Waals surface area (Å²) in [7, 11) is 0. The van der Waals surface area contributed by atoms with Crippen molar-refractivity contribution in [3.63, 3.8) is 0 Å². The zero-order valence-corrected chi connectivity index (χ0v) is 18.1. The van der Waals surface area contributed by atoms with Crippen molar-refractivity contribution >= 4 is 11.8 Å². The third-order valence-electron chi connectivity index (χ3n) is 6.40. The molecule has 33 heavy (non-hydrogen) atoms. The Balaban J connectivity index is 1.33. The summed E-state index contributed by atoms with van der Waals surface area (Å²) < 4.78 is 28.3. The van der Waals surface area contributed by atoms with Crippen LogP contribution in [0.3, 0.4) is 0 Å². The maximum Gasteiger partial charge on any atom is 0.274 e. The summed E-state index contributed by atoms with van der Waals surface area (Å²) in [6, 6.07) is 11.6. The maximum atomic E-state index is 13.4. The van der Waals surface area contributed by atoms with Gasteiger partial charge in [0.05, 0.1) is 5.69 Å². The number of hydrogen-bond donors (Lipinski definition) is 0. The van der Waals surface area contributed by atoms with E-state index in [1.165, 1.54) is 36.4 Å². The molecule has 0 N–H and O–H groups in total. The van der Waals surface area contributed by atoms with Crippen molar-refractivity contribution in [1.29, 1.82) is 0 Å². The number of nitrogens with zero attached hydrogens (tertiary/aromatic N) is 4. The molecule has 6 nitrogen and oxygen atoms in total. The summed E-state index contributed by atoms with van der Waals surface area (Å²) in [4.78, 5) is 29.5. The van der Waals surface area contributed by atoms with E-state index >= 15 is 0 Å². The number of halogens is 2. The molecule has 1 fully saturated rings. The predicted molar refractivity (Wildman–Crippen MR) is 118 cm³/mol. The second-order valence-electron chi connectivity index (χ2n) is 8.46. The fourth-order valence-electron chi connectivity index (χ4n) is 4.60. The first kappa shape index (κ1) is 21.3. The Bertz CT molecular complexity index is 1180. The molecule has 0 atom stereocenters. The quantitative estimate of drug-likeness (QED) is 0.613. The average molecular weight is 450 g/mol. The van der Waals surface area contributed by atoms with Crippen molar-refractivity contribution in [2.75, 3.05) is 26.2 Å². The Labute approximate surface area is 190 Å². The fourth-order valence-corrected chi connectivity index (χ4v) is 4.60. The molecule has 3 aromatic rings. The number of carbonyl (C=O) groups excluding carboxylic acids is 2. The van der Waals surface area contributed by atoms with Crippen molar-refractivity contribution < 1.29 is 18.4 Å².